The predicted molar refractivity (Wildman–Crippen MR) is 135 cm³/mol. The van der Waals surface area contributed by atoms with E-state index in [0.29, 0.717) is 42.8 Å². The topological polar surface area (TPSA) is 147 Å². The van der Waals surface area contributed by atoms with Crippen LogP contribution in [-0.4, -0.2) is 122 Å². The molecule has 0 spiro atoms. The van der Waals surface area contributed by atoms with Gasteiger partial charge in [-0.2, -0.15) is 8.78 Å². The number of halogens is 2. The number of thioether (sulfide) groups is 2. The lowest BCUT2D eigenvalue weighted by atomic mass is 10.0. The smallest absolute Gasteiger partial charge is 0.370 e. The number of quaternary nitrogens is 1. The zero-order valence-electron chi connectivity index (χ0n) is 20.5. The van der Waals surface area contributed by atoms with Crippen LogP contribution < -0.4 is 5.32 Å². The van der Waals surface area contributed by atoms with E-state index in [2.05, 4.69) is 0 Å². The van der Waals surface area contributed by atoms with Gasteiger partial charge >= 0.3 is 17.1 Å². The summed E-state index contributed by atoms with van der Waals surface area (Å²) >= 11 is 1.25. The maximum Gasteiger partial charge on any atom is 0.370 e. The lowest BCUT2D eigenvalue weighted by Crippen LogP contribution is -2.71. The number of likely N-dealkylation sites (N-methyl/N-ethyl adjacent to an activating group) is 1. The molecule has 0 radical (unpaired) electrons. The minimum Gasteiger partial charge on any atom is -0.504 e. The predicted octanol–water partition coefficient (Wildman–Crippen LogP) is 0.695. The number of nitrogens with zero attached hydrogens (tertiary/aromatic N) is 3. The Kier molecular flexibility index (Phi) is 7.56. The highest BCUT2D eigenvalue weighted by Gasteiger charge is 2.56. The molecule has 2 atom stereocenters. The highest BCUT2D eigenvalue weighted by molar-refractivity contribution is 8.00. The van der Waals surface area contributed by atoms with Crippen molar-refractivity contribution in [2.24, 2.45) is 0 Å². The van der Waals surface area contributed by atoms with Crippen LogP contribution in [0.5, 0.6) is 11.5 Å². The minimum atomic E-state index is -3.71. The number of benzene rings is 1. The van der Waals surface area contributed by atoms with Gasteiger partial charge in [0.15, 0.2) is 11.5 Å². The zero-order valence-corrected chi connectivity index (χ0v) is 22.2. The van der Waals surface area contributed by atoms with Crippen molar-refractivity contribution in [2.75, 3.05) is 51.8 Å². The van der Waals surface area contributed by atoms with Gasteiger partial charge in [0.25, 0.3) is 11.8 Å². The molecule has 3 heterocycles. The van der Waals surface area contributed by atoms with Crippen LogP contribution in [0.2, 0.25) is 0 Å². The van der Waals surface area contributed by atoms with Gasteiger partial charge in [-0.05, 0) is 24.5 Å². The zero-order chi connectivity index (χ0) is 28.0. The Morgan fingerprint density at radius 3 is 2.45 bits per heavy atom. The molecule has 0 aromatic heterocycles. The number of carbonyl (C=O) groups excluding carboxylic acids is 3. The number of carboxylic acid groups (broad SMARTS) is 1. The molecule has 206 valence electrons. The van der Waals surface area contributed by atoms with E-state index in [4.69, 9.17) is 0 Å². The summed E-state index contributed by atoms with van der Waals surface area (Å²) in [6.45, 7) is 2.02. The van der Waals surface area contributed by atoms with E-state index in [1.807, 2.05) is 12.4 Å². The van der Waals surface area contributed by atoms with Crippen LogP contribution in [0.4, 0.5) is 8.78 Å². The summed E-state index contributed by atoms with van der Waals surface area (Å²) < 4.78 is 27.7. The molecule has 4 N–H and O–H groups in total. The van der Waals surface area contributed by atoms with Gasteiger partial charge in [0.1, 0.15) is 23.7 Å². The number of fused-ring (bicyclic) bond motifs is 1. The number of amides is 3. The third-order valence-electron chi connectivity index (χ3n) is 6.96. The number of hydrogen-bond acceptors (Lipinski definition) is 8. The van der Waals surface area contributed by atoms with E-state index in [1.54, 1.807) is 4.90 Å². The maximum atomic E-state index is 13.7. The van der Waals surface area contributed by atoms with Crippen molar-refractivity contribution in [3.63, 3.8) is 0 Å². The number of aromatic hydroxyl groups is 2. The van der Waals surface area contributed by atoms with E-state index in [0.717, 1.165) is 11.2 Å². The van der Waals surface area contributed by atoms with Gasteiger partial charge in [-0.1, -0.05) is 11.8 Å². The Morgan fingerprint density at radius 2 is 1.87 bits per heavy atom. The van der Waals surface area contributed by atoms with E-state index >= 15 is 0 Å². The van der Waals surface area contributed by atoms with Gasteiger partial charge in [-0.25, -0.2) is 4.79 Å². The summed E-state index contributed by atoms with van der Waals surface area (Å²) in [5.74, 6) is -4.45. The van der Waals surface area contributed by atoms with Gasteiger partial charge in [0, 0.05) is 16.9 Å². The third kappa shape index (κ3) is 5.14. The molecular weight excluding hydrogens is 546 g/mol. The number of nitrogens with one attached hydrogen (secondary N) is 1. The Hall–Kier alpha value is -3.04. The molecule has 2 fully saturated rings. The first-order valence-corrected chi connectivity index (χ1v) is 13.8. The minimum absolute atomic E-state index is 0.0405. The normalized spacial score (nSPS) is 23.0. The quantitative estimate of drug-likeness (QED) is 0.210. The van der Waals surface area contributed by atoms with Crippen molar-refractivity contribution in [3.8, 4) is 11.5 Å². The van der Waals surface area contributed by atoms with Crippen LogP contribution in [0, 0.1) is 0 Å². The van der Waals surface area contributed by atoms with Crippen LogP contribution in [0.1, 0.15) is 10.4 Å². The standard InChI is InChI=1S/C23H26F2N4O7S2/c1-29(7-5-27(6-8-29)18(32)12-3-4-14(30)15(31)9-12)10-13-11-38-20-16(26-22(36)23(24,25)37-2)19(33)28(20)17(13)21(34)35/h3-4,9,16,20H,5-8,10-11H2,1-2H3,(H3-,26,30,31,32,34,35,36)/p+1/t16-,20+/m1/s1. The summed E-state index contributed by atoms with van der Waals surface area (Å²) in [6, 6.07) is 2.62. The molecule has 1 aromatic carbocycles. The van der Waals surface area contributed by atoms with Gasteiger partial charge in [0.2, 0.25) is 0 Å². The number of phenols is 2. The summed E-state index contributed by atoms with van der Waals surface area (Å²) in [6.07, 6.45) is 1.07. The molecule has 0 unspecified atom stereocenters. The van der Waals surface area contributed by atoms with Crippen LogP contribution in [-0.2, 0) is 14.4 Å². The molecule has 1 aromatic rings. The largest absolute Gasteiger partial charge is 0.504 e. The average molecular weight is 574 g/mol. The lowest BCUT2D eigenvalue weighted by Gasteiger charge is -2.50. The molecule has 0 bridgehead atoms. The number of hydrogen-bond donors (Lipinski definition) is 4. The highest BCUT2D eigenvalue weighted by atomic mass is 32.2. The monoisotopic (exact) mass is 573 g/mol. The number of β-lactam (4-membered cyclic amide) rings is 1. The summed E-state index contributed by atoms with van der Waals surface area (Å²) in [5.41, 5.74) is 0.547. The van der Waals surface area contributed by atoms with Gasteiger partial charge in [-0.3, -0.25) is 19.3 Å². The molecular formula is C23H27F2N4O7S2+. The van der Waals surface area contributed by atoms with Crippen molar-refractivity contribution in [1.29, 1.82) is 0 Å². The lowest BCUT2D eigenvalue weighted by molar-refractivity contribution is -0.908. The molecule has 15 heteroatoms. The van der Waals surface area contributed by atoms with Gasteiger partial charge in [0.05, 0.1) is 33.2 Å². The van der Waals surface area contributed by atoms with Crippen molar-refractivity contribution in [3.05, 3.63) is 35.0 Å². The van der Waals surface area contributed by atoms with Crippen LogP contribution >= 0.6 is 23.5 Å². The van der Waals surface area contributed by atoms with Crippen molar-refractivity contribution >= 4 is 47.2 Å². The molecule has 38 heavy (non-hydrogen) atoms. The third-order valence-corrected chi connectivity index (χ3v) is 9.00. The SMILES string of the molecule is CSC(F)(F)C(=O)N[C@@H]1C(=O)N2C(C(=O)O)=C(C[N+]3(C)CCN(C(=O)c4ccc(O)c(O)c4)CC3)CS[C@@H]12. The number of rotatable bonds is 7. The summed E-state index contributed by atoms with van der Waals surface area (Å²) in [7, 11) is 1.92. The molecule has 3 amide bonds. The molecule has 0 aliphatic carbocycles. The Bertz CT molecular complexity index is 1220. The van der Waals surface area contributed by atoms with E-state index < -0.39 is 40.2 Å². The fraction of sp³-hybridized carbons (Fsp3) is 0.478. The van der Waals surface area contributed by atoms with Gasteiger partial charge in [-0.15, -0.1) is 11.8 Å². The maximum absolute atomic E-state index is 13.7. The second-order valence-electron chi connectivity index (χ2n) is 9.56. The van der Waals surface area contributed by atoms with Crippen LogP contribution in [0.3, 0.4) is 0 Å². The number of piperazine rings is 1. The number of carbonyl (C=O) groups is 4. The molecule has 3 aliphatic rings. The second-order valence-corrected chi connectivity index (χ2v) is 11.6. The number of phenolic OH excluding ortho intramolecular Hbond substituents is 2. The summed E-state index contributed by atoms with van der Waals surface area (Å²) in [5, 5.41) is 26.6. The first kappa shape index (κ1) is 28.0. The highest BCUT2D eigenvalue weighted by Crippen LogP contribution is 2.41. The van der Waals surface area contributed by atoms with Crippen molar-refractivity contribution < 1.29 is 47.8 Å². The Morgan fingerprint density at radius 1 is 1.21 bits per heavy atom. The van der Waals surface area contributed by atoms with E-state index in [9.17, 15) is 43.3 Å². The Balaban J connectivity index is 1.44. The number of aliphatic carboxylic acids is 1. The molecule has 2 saturated heterocycles. The van der Waals surface area contributed by atoms with Gasteiger partial charge < -0.3 is 30.0 Å². The second kappa shape index (κ2) is 10.3. The fourth-order valence-electron chi connectivity index (χ4n) is 4.73. The average Bonchev–Trinajstić information content (AvgIpc) is 2.88. The first-order valence-electron chi connectivity index (χ1n) is 11.6. The number of carboxylic acids is 1. The van der Waals surface area contributed by atoms with Crippen molar-refractivity contribution in [1.82, 2.24) is 15.1 Å². The van der Waals surface area contributed by atoms with E-state index in [1.165, 1.54) is 30.0 Å². The molecule has 3 aliphatic heterocycles. The van der Waals surface area contributed by atoms with E-state index in [-0.39, 0.29) is 40.4 Å². The van der Waals surface area contributed by atoms with Crippen LogP contribution in [0.25, 0.3) is 0 Å². The van der Waals surface area contributed by atoms with Crippen molar-refractivity contribution in [2.45, 2.75) is 16.7 Å². The molecule has 4 rings (SSSR count). The van der Waals surface area contributed by atoms with Crippen LogP contribution in [0.15, 0.2) is 29.5 Å². The number of alkyl halides is 2. The first-order chi connectivity index (χ1) is 17.8. The molecule has 11 nitrogen and oxygen atoms in total. The fourth-order valence-corrected chi connectivity index (χ4v) is 6.31. The summed E-state index contributed by atoms with van der Waals surface area (Å²) in [4.78, 5) is 52.3. The Labute approximate surface area is 225 Å². The molecule has 0 saturated carbocycles.